The molecule has 4 nitrogen and oxygen atoms in total. The fourth-order valence-electron chi connectivity index (χ4n) is 2.49. The number of nitrogens with zero attached hydrogens (tertiary/aromatic N) is 1. The van der Waals surface area contributed by atoms with Gasteiger partial charge in [-0.25, -0.2) is 0 Å². The number of carbonyl (C=O) groups excluding carboxylic acids is 1. The number of carbonyl (C=O) groups is 1. The van der Waals surface area contributed by atoms with Crippen LogP contribution in [0.5, 0.6) is 5.75 Å². The second-order valence-electron chi connectivity index (χ2n) is 5.25. The predicted molar refractivity (Wildman–Crippen MR) is 75.2 cm³/mol. The van der Waals surface area contributed by atoms with Crippen LogP contribution >= 0.6 is 0 Å². The van der Waals surface area contributed by atoms with Crippen LogP contribution in [0.3, 0.4) is 0 Å². The van der Waals surface area contributed by atoms with Gasteiger partial charge in [-0.3, -0.25) is 4.79 Å². The van der Waals surface area contributed by atoms with Gasteiger partial charge in [0.1, 0.15) is 5.75 Å². The van der Waals surface area contributed by atoms with Gasteiger partial charge in [0, 0.05) is 19.1 Å². The number of aryl methyl sites for hydroxylation is 2. The van der Waals surface area contributed by atoms with Gasteiger partial charge in [0.2, 0.25) is 0 Å². The first kappa shape index (κ1) is 13.9. The second-order valence-corrected chi connectivity index (χ2v) is 5.25. The lowest BCUT2D eigenvalue weighted by Crippen LogP contribution is -2.47. The number of hydrogen-bond acceptors (Lipinski definition) is 3. The van der Waals surface area contributed by atoms with Gasteiger partial charge >= 0.3 is 0 Å². The summed E-state index contributed by atoms with van der Waals surface area (Å²) in [6.07, 6.45) is 1.98. The van der Waals surface area contributed by atoms with E-state index < -0.39 is 0 Å². The maximum atomic E-state index is 12.1. The maximum Gasteiger partial charge on any atom is 0.260 e. The molecule has 0 radical (unpaired) electrons. The van der Waals surface area contributed by atoms with Gasteiger partial charge in [0.25, 0.3) is 5.91 Å². The number of hydrogen-bond donors (Lipinski definition) is 1. The summed E-state index contributed by atoms with van der Waals surface area (Å²) in [5, 5.41) is 0. The summed E-state index contributed by atoms with van der Waals surface area (Å²) >= 11 is 0. The first-order valence-electron chi connectivity index (χ1n) is 6.80. The van der Waals surface area contributed by atoms with Crippen LogP contribution in [-0.2, 0) is 4.79 Å². The van der Waals surface area contributed by atoms with E-state index in [4.69, 9.17) is 10.5 Å². The van der Waals surface area contributed by atoms with Crippen LogP contribution in [-0.4, -0.2) is 36.5 Å². The highest BCUT2D eigenvalue weighted by molar-refractivity contribution is 5.78. The minimum Gasteiger partial charge on any atom is -0.483 e. The molecule has 19 heavy (non-hydrogen) atoms. The van der Waals surface area contributed by atoms with Crippen molar-refractivity contribution in [1.82, 2.24) is 4.90 Å². The summed E-state index contributed by atoms with van der Waals surface area (Å²) in [4.78, 5) is 13.9. The monoisotopic (exact) mass is 262 g/mol. The molecular weight excluding hydrogens is 240 g/mol. The molecule has 0 aromatic heterocycles. The minimum absolute atomic E-state index is 0.0257. The lowest BCUT2D eigenvalue weighted by atomic mass is 10.1. The summed E-state index contributed by atoms with van der Waals surface area (Å²) in [5.41, 5.74) is 8.00. The molecule has 2 N–H and O–H groups in total. The Bertz CT molecular complexity index is 439. The molecule has 2 rings (SSSR count). The van der Waals surface area contributed by atoms with E-state index in [2.05, 4.69) is 0 Å². The Balaban J connectivity index is 1.93. The van der Waals surface area contributed by atoms with Gasteiger partial charge in [0.05, 0.1) is 0 Å². The first-order valence-corrected chi connectivity index (χ1v) is 6.80. The number of rotatable bonds is 3. The third-order valence-electron chi connectivity index (χ3n) is 3.56. The van der Waals surface area contributed by atoms with Crippen LogP contribution in [0.25, 0.3) is 0 Å². The topological polar surface area (TPSA) is 55.6 Å². The van der Waals surface area contributed by atoms with Crippen LogP contribution in [0, 0.1) is 13.8 Å². The normalized spacial score (nSPS) is 19.3. The first-order chi connectivity index (χ1) is 9.08. The van der Waals surface area contributed by atoms with Gasteiger partial charge < -0.3 is 15.4 Å². The molecule has 0 saturated carbocycles. The molecule has 1 heterocycles. The van der Waals surface area contributed by atoms with Crippen LogP contribution in [0.4, 0.5) is 0 Å². The Labute approximate surface area is 114 Å². The molecule has 1 amide bonds. The van der Waals surface area contributed by atoms with Crippen molar-refractivity contribution in [3.8, 4) is 5.75 Å². The van der Waals surface area contributed by atoms with Crippen molar-refractivity contribution in [2.75, 3.05) is 19.7 Å². The molecular formula is C15H22N2O2. The van der Waals surface area contributed by atoms with E-state index in [1.165, 1.54) is 0 Å². The molecule has 1 saturated heterocycles. The molecule has 4 heteroatoms. The molecule has 0 unspecified atom stereocenters. The van der Waals surface area contributed by atoms with Crippen molar-refractivity contribution in [1.29, 1.82) is 0 Å². The lowest BCUT2D eigenvalue weighted by molar-refractivity contribution is -0.134. The molecule has 1 aliphatic rings. The average molecular weight is 262 g/mol. The Morgan fingerprint density at radius 1 is 1.42 bits per heavy atom. The number of ether oxygens (including phenoxy) is 1. The van der Waals surface area contributed by atoms with Crippen molar-refractivity contribution in [3.05, 3.63) is 29.3 Å². The molecule has 1 aromatic rings. The van der Waals surface area contributed by atoms with Gasteiger partial charge in [-0.05, 0) is 37.8 Å². The van der Waals surface area contributed by atoms with Gasteiger partial charge in [-0.2, -0.15) is 0 Å². The Hall–Kier alpha value is -1.55. The fourth-order valence-corrected chi connectivity index (χ4v) is 2.49. The highest BCUT2D eigenvalue weighted by Gasteiger charge is 2.21. The van der Waals surface area contributed by atoms with Gasteiger partial charge in [0.15, 0.2) is 6.61 Å². The van der Waals surface area contributed by atoms with Crippen LogP contribution in [0.15, 0.2) is 18.2 Å². The number of amides is 1. The van der Waals surface area contributed by atoms with Crippen molar-refractivity contribution in [3.63, 3.8) is 0 Å². The third kappa shape index (κ3) is 3.47. The van der Waals surface area contributed by atoms with Crippen LogP contribution in [0.2, 0.25) is 0 Å². The highest BCUT2D eigenvalue weighted by Crippen LogP contribution is 2.22. The smallest absolute Gasteiger partial charge is 0.260 e. The van der Waals surface area contributed by atoms with Crippen LogP contribution < -0.4 is 10.5 Å². The summed E-state index contributed by atoms with van der Waals surface area (Å²) < 4.78 is 5.69. The molecule has 104 valence electrons. The van der Waals surface area contributed by atoms with Crippen molar-refractivity contribution >= 4 is 5.91 Å². The third-order valence-corrected chi connectivity index (χ3v) is 3.56. The largest absolute Gasteiger partial charge is 0.483 e. The summed E-state index contributed by atoms with van der Waals surface area (Å²) in [7, 11) is 0. The number of piperidine rings is 1. The van der Waals surface area contributed by atoms with Gasteiger partial charge in [-0.1, -0.05) is 18.2 Å². The zero-order chi connectivity index (χ0) is 13.8. The quantitative estimate of drug-likeness (QED) is 0.901. The maximum absolute atomic E-state index is 12.1. The van der Waals surface area contributed by atoms with E-state index in [-0.39, 0.29) is 18.6 Å². The van der Waals surface area contributed by atoms with E-state index in [1.54, 1.807) is 0 Å². The second kappa shape index (κ2) is 6.06. The molecule has 1 fully saturated rings. The number of nitrogens with two attached hydrogens (primary N) is 1. The highest BCUT2D eigenvalue weighted by atomic mass is 16.5. The number of para-hydroxylation sites is 1. The number of benzene rings is 1. The standard InChI is InChI=1S/C15H22N2O2/c1-11-5-3-6-12(2)15(11)19-10-14(18)17-8-4-7-13(16)9-17/h3,5-6,13H,4,7-10,16H2,1-2H3/t13-/m1/s1. The molecule has 1 aromatic carbocycles. The fraction of sp³-hybridized carbons (Fsp3) is 0.533. The lowest BCUT2D eigenvalue weighted by Gasteiger charge is -2.30. The molecule has 0 bridgehead atoms. The molecule has 1 atom stereocenters. The van der Waals surface area contributed by atoms with Crippen LogP contribution in [0.1, 0.15) is 24.0 Å². The van der Waals surface area contributed by atoms with E-state index in [1.807, 2.05) is 36.9 Å². The minimum atomic E-state index is 0.0257. The van der Waals surface area contributed by atoms with Crippen molar-refractivity contribution < 1.29 is 9.53 Å². The molecule has 1 aliphatic heterocycles. The van der Waals surface area contributed by atoms with Crippen molar-refractivity contribution in [2.45, 2.75) is 32.7 Å². The van der Waals surface area contributed by atoms with Crippen molar-refractivity contribution in [2.24, 2.45) is 5.73 Å². The SMILES string of the molecule is Cc1cccc(C)c1OCC(=O)N1CCC[C@@H](N)C1. The molecule has 0 aliphatic carbocycles. The zero-order valence-corrected chi connectivity index (χ0v) is 11.7. The zero-order valence-electron chi connectivity index (χ0n) is 11.7. The van der Waals surface area contributed by atoms with E-state index in [0.717, 1.165) is 36.3 Å². The van der Waals surface area contributed by atoms with E-state index >= 15 is 0 Å². The average Bonchev–Trinajstić information content (AvgIpc) is 2.38. The molecule has 0 spiro atoms. The Kier molecular flexibility index (Phi) is 4.43. The summed E-state index contributed by atoms with van der Waals surface area (Å²) in [5.74, 6) is 0.843. The summed E-state index contributed by atoms with van der Waals surface area (Å²) in [6.45, 7) is 5.52. The predicted octanol–water partition coefficient (Wildman–Crippen LogP) is 1.63. The van der Waals surface area contributed by atoms with E-state index in [9.17, 15) is 4.79 Å². The van der Waals surface area contributed by atoms with E-state index in [0.29, 0.717) is 6.54 Å². The Morgan fingerprint density at radius 3 is 2.74 bits per heavy atom. The number of likely N-dealkylation sites (tertiary alicyclic amines) is 1. The van der Waals surface area contributed by atoms with Gasteiger partial charge in [-0.15, -0.1) is 0 Å². The summed E-state index contributed by atoms with van der Waals surface area (Å²) in [6, 6.07) is 6.08. The Morgan fingerprint density at radius 2 is 2.11 bits per heavy atom.